The second kappa shape index (κ2) is 6.43. The van der Waals surface area contributed by atoms with Crippen molar-refractivity contribution in [1.82, 2.24) is 0 Å². The molecule has 1 atom stereocenters. The average Bonchev–Trinajstić information content (AvgIpc) is 2.45. The number of benzene rings is 2. The van der Waals surface area contributed by atoms with Crippen molar-refractivity contribution in [2.75, 3.05) is 12.4 Å². The highest BCUT2D eigenvalue weighted by molar-refractivity contribution is 9.10. The van der Waals surface area contributed by atoms with Crippen LogP contribution < -0.4 is 15.8 Å². The molecule has 0 aromatic heterocycles. The lowest BCUT2D eigenvalue weighted by Crippen LogP contribution is -2.27. The van der Waals surface area contributed by atoms with Crippen molar-refractivity contribution in [1.29, 1.82) is 0 Å². The Morgan fingerprint density at radius 3 is 2.50 bits per heavy atom. The van der Waals surface area contributed by atoms with Crippen molar-refractivity contribution in [3.63, 3.8) is 0 Å². The van der Waals surface area contributed by atoms with E-state index in [9.17, 15) is 4.79 Å². The number of ether oxygens (including phenoxy) is 1. The molecule has 2 aromatic carbocycles. The quantitative estimate of drug-likeness (QED) is 0.883. The summed E-state index contributed by atoms with van der Waals surface area (Å²) in [7, 11) is 1.60. The fourth-order valence-electron chi connectivity index (χ4n) is 1.89. The Hall–Kier alpha value is -2.01. The molecule has 4 nitrogen and oxygen atoms in total. The van der Waals surface area contributed by atoms with Crippen molar-refractivity contribution in [2.45, 2.75) is 6.04 Å². The molecule has 0 saturated heterocycles. The van der Waals surface area contributed by atoms with E-state index in [2.05, 4.69) is 21.2 Å². The summed E-state index contributed by atoms with van der Waals surface area (Å²) in [4.78, 5) is 11.6. The maximum Gasteiger partial charge on any atom is 0.244 e. The van der Waals surface area contributed by atoms with Crippen LogP contribution in [0.1, 0.15) is 11.6 Å². The molecule has 0 saturated carbocycles. The number of anilines is 1. The van der Waals surface area contributed by atoms with Crippen LogP contribution in [0.25, 0.3) is 0 Å². The number of methoxy groups -OCH3 is 1. The van der Waals surface area contributed by atoms with Gasteiger partial charge in [0.2, 0.25) is 5.91 Å². The zero-order valence-corrected chi connectivity index (χ0v) is 12.6. The zero-order chi connectivity index (χ0) is 14.5. The highest BCUT2D eigenvalue weighted by atomic mass is 79.9. The minimum atomic E-state index is -0.573. The molecule has 0 spiro atoms. The Morgan fingerprint density at radius 1 is 1.25 bits per heavy atom. The van der Waals surface area contributed by atoms with Crippen LogP contribution in [0.15, 0.2) is 53.0 Å². The summed E-state index contributed by atoms with van der Waals surface area (Å²) in [5, 5.41) is 3.13. The van der Waals surface area contributed by atoms with Gasteiger partial charge in [0, 0.05) is 5.69 Å². The third kappa shape index (κ3) is 3.30. The van der Waals surface area contributed by atoms with Gasteiger partial charge >= 0.3 is 0 Å². The SMILES string of the molecule is COc1ccc(NC(C(N)=O)c2ccccc2)cc1Br. The topological polar surface area (TPSA) is 64.3 Å². The predicted molar refractivity (Wildman–Crippen MR) is 82.7 cm³/mol. The van der Waals surface area contributed by atoms with E-state index in [0.29, 0.717) is 0 Å². The molecular formula is C15H15BrN2O2. The van der Waals surface area contributed by atoms with Crippen LogP contribution in [-0.2, 0) is 4.79 Å². The van der Waals surface area contributed by atoms with Crippen LogP contribution >= 0.6 is 15.9 Å². The molecule has 0 aliphatic heterocycles. The molecule has 20 heavy (non-hydrogen) atoms. The summed E-state index contributed by atoms with van der Waals surface area (Å²) in [5.41, 5.74) is 7.08. The molecule has 1 amide bonds. The molecule has 0 aliphatic rings. The van der Waals surface area contributed by atoms with E-state index in [0.717, 1.165) is 21.5 Å². The normalized spacial score (nSPS) is 11.7. The fourth-order valence-corrected chi connectivity index (χ4v) is 2.43. The summed E-state index contributed by atoms with van der Waals surface area (Å²) in [6.07, 6.45) is 0. The summed E-state index contributed by atoms with van der Waals surface area (Å²) >= 11 is 3.41. The predicted octanol–water partition coefficient (Wildman–Crippen LogP) is 3.10. The second-order valence-electron chi connectivity index (χ2n) is 4.24. The van der Waals surface area contributed by atoms with Crippen LogP contribution in [0, 0.1) is 0 Å². The van der Waals surface area contributed by atoms with Crippen molar-refractivity contribution in [3.05, 3.63) is 58.6 Å². The molecule has 3 N–H and O–H groups in total. The van der Waals surface area contributed by atoms with Gasteiger partial charge in [-0.25, -0.2) is 0 Å². The Kier molecular flexibility index (Phi) is 4.63. The van der Waals surface area contributed by atoms with Gasteiger partial charge < -0.3 is 15.8 Å². The summed E-state index contributed by atoms with van der Waals surface area (Å²) < 4.78 is 5.98. The third-order valence-electron chi connectivity index (χ3n) is 2.88. The maximum atomic E-state index is 11.6. The van der Waals surface area contributed by atoms with E-state index >= 15 is 0 Å². The number of rotatable bonds is 5. The zero-order valence-electron chi connectivity index (χ0n) is 11.0. The minimum Gasteiger partial charge on any atom is -0.496 e. The number of amides is 1. The maximum absolute atomic E-state index is 11.6. The number of carbonyl (C=O) groups is 1. The molecule has 0 radical (unpaired) electrons. The van der Waals surface area contributed by atoms with E-state index < -0.39 is 11.9 Å². The molecule has 5 heteroatoms. The van der Waals surface area contributed by atoms with Crippen LogP contribution in [-0.4, -0.2) is 13.0 Å². The first-order valence-corrected chi connectivity index (χ1v) is 6.85. The number of carbonyl (C=O) groups excluding carboxylic acids is 1. The lowest BCUT2D eigenvalue weighted by molar-refractivity contribution is -0.118. The average molecular weight is 335 g/mol. The molecule has 0 heterocycles. The first-order chi connectivity index (χ1) is 9.61. The Balaban J connectivity index is 2.25. The molecular weight excluding hydrogens is 320 g/mol. The lowest BCUT2D eigenvalue weighted by Gasteiger charge is -2.17. The Bertz CT molecular complexity index is 602. The molecule has 1 unspecified atom stereocenters. The molecule has 0 aliphatic carbocycles. The number of nitrogens with two attached hydrogens (primary N) is 1. The lowest BCUT2D eigenvalue weighted by atomic mass is 10.1. The van der Waals surface area contributed by atoms with Gasteiger partial charge in [-0.3, -0.25) is 4.79 Å². The number of halogens is 1. The Labute approximate surface area is 126 Å². The van der Waals surface area contributed by atoms with Gasteiger partial charge in [-0.2, -0.15) is 0 Å². The standard InChI is InChI=1S/C15H15BrN2O2/c1-20-13-8-7-11(9-12(13)16)18-14(15(17)19)10-5-3-2-4-6-10/h2-9,14,18H,1H3,(H2,17,19). The molecule has 2 rings (SSSR count). The van der Waals surface area contributed by atoms with Crippen molar-refractivity contribution < 1.29 is 9.53 Å². The number of primary amides is 1. The largest absolute Gasteiger partial charge is 0.496 e. The molecule has 0 fully saturated rings. The van der Waals surface area contributed by atoms with Crippen LogP contribution in [0.3, 0.4) is 0 Å². The molecule has 2 aromatic rings. The van der Waals surface area contributed by atoms with Gasteiger partial charge in [0.05, 0.1) is 11.6 Å². The number of hydrogen-bond donors (Lipinski definition) is 2. The van der Waals surface area contributed by atoms with Gasteiger partial charge in [-0.15, -0.1) is 0 Å². The van der Waals surface area contributed by atoms with Crippen molar-refractivity contribution in [3.8, 4) is 5.75 Å². The van der Waals surface area contributed by atoms with E-state index in [1.54, 1.807) is 7.11 Å². The van der Waals surface area contributed by atoms with Gasteiger partial charge in [-0.05, 0) is 39.7 Å². The second-order valence-corrected chi connectivity index (χ2v) is 5.09. The Morgan fingerprint density at radius 2 is 1.95 bits per heavy atom. The number of hydrogen-bond acceptors (Lipinski definition) is 3. The summed E-state index contributed by atoms with van der Waals surface area (Å²) in [6.45, 7) is 0. The number of nitrogens with one attached hydrogen (secondary N) is 1. The smallest absolute Gasteiger partial charge is 0.244 e. The summed E-state index contributed by atoms with van der Waals surface area (Å²) in [5.74, 6) is 0.300. The molecule has 0 bridgehead atoms. The van der Waals surface area contributed by atoms with Gasteiger partial charge in [0.15, 0.2) is 0 Å². The van der Waals surface area contributed by atoms with Gasteiger partial charge in [0.1, 0.15) is 11.8 Å². The molecule has 104 valence electrons. The minimum absolute atomic E-state index is 0.428. The van der Waals surface area contributed by atoms with Gasteiger partial charge in [-0.1, -0.05) is 30.3 Å². The van der Waals surface area contributed by atoms with E-state index in [4.69, 9.17) is 10.5 Å². The monoisotopic (exact) mass is 334 g/mol. The highest BCUT2D eigenvalue weighted by Gasteiger charge is 2.17. The van der Waals surface area contributed by atoms with Crippen LogP contribution in [0.5, 0.6) is 5.75 Å². The summed E-state index contributed by atoms with van der Waals surface area (Å²) in [6, 6.07) is 14.3. The first-order valence-electron chi connectivity index (χ1n) is 6.06. The van der Waals surface area contributed by atoms with Crippen LogP contribution in [0.2, 0.25) is 0 Å². The van der Waals surface area contributed by atoms with E-state index in [-0.39, 0.29) is 0 Å². The van der Waals surface area contributed by atoms with Crippen LogP contribution in [0.4, 0.5) is 5.69 Å². The van der Waals surface area contributed by atoms with E-state index in [1.165, 1.54) is 0 Å². The fraction of sp³-hybridized carbons (Fsp3) is 0.133. The van der Waals surface area contributed by atoms with Gasteiger partial charge in [0.25, 0.3) is 0 Å². The van der Waals surface area contributed by atoms with E-state index in [1.807, 2.05) is 48.5 Å². The van der Waals surface area contributed by atoms with Crippen molar-refractivity contribution >= 4 is 27.5 Å². The van der Waals surface area contributed by atoms with Crippen molar-refractivity contribution in [2.24, 2.45) is 5.73 Å². The highest BCUT2D eigenvalue weighted by Crippen LogP contribution is 2.29. The third-order valence-corrected chi connectivity index (χ3v) is 3.50. The first kappa shape index (κ1) is 14.4.